The fraction of sp³-hybridized carbons (Fsp3) is 0.750. The van der Waals surface area contributed by atoms with E-state index in [1.54, 1.807) is 0 Å². The zero-order chi connectivity index (χ0) is 14.7. The van der Waals surface area contributed by atoms with Crippen LogP contribution in [0.4, 0.5) is 5.82 Å². The van der Waals surface area contributed by atoms with Crippen LogP contribution in [0.15, 0.2) is 0 Å². The molecular weight excluding hydrogens is 270 g/mol. The normalized spacial score (nSPS) is 14.9. The first-order chi connectivity index (χ1) is 9.60. The molecule has 0 saturated heterocycles. The van der Waals surface area contributed by atoms with Crippen molar-refractivity contribution in [1.82, 2.24) is 9.97 Å². The van der Waals surface area contributed by atoms with Crippen LogP contribution in [0.1, 0.15) is 63.8 Å². The average molecular weight is 296 g/mol. The van der Waals surface area contributed by atoms with Crippen LogP contribution in [0.5, 0.6) is 0 Å². The van der Waals surface area contributed by atoms with E-state index < -0.39 is 0 Å². The Morgan fingerprint density at radius 1 is 1.20 bits per heavy atom. The topological polar surface area (TPSA) is 29.0 Å². The van der Waals surface area contributed by atoms with Crippen LogP contribution in [-0.4, -0.2) is 23.1 Å². The third-order valence-corrected chi connectivity index (χ3v) is 4.70. The van der Waals surface area contributed by atoms with Gasteiger partial charge in [0.15, 0.2) is 0 Å². The highest BCUT2D eigenvalue weighted by atomic mass is 35.5. The lowest BCUT2D eigenvalue weighted by atomic mass is 10.0. The number of anilines is 1. The van der Waals surface area contributed by atoms with Crippen LogP contribution in [0.25, 0.3) is 0 Å². The van der Waals surface area contributed by atoms with Crippen molar-refractivity contribution in [2.24, 2.45) is 5.92 Å². The molecule has 4 heteroatoms. The molecule has 1 aromatic rings. The number of aromatic nitrogens is 2. The highest BCUT2D eigenvalue weighted by Gasteiger charge is 2.29. The van der Waals surface area contributed by atoms with Crippen molar-refractivity contribution in [3.63, 3.8) is 0 Å². The van der Waals surface area contributed by atoms with Crippen LogP contribution >= 0.6 is 11.6 Å². The van der Waals surface area contributed by atoms with Gasteiger partial charge in [0.2, 0.25) is 0 Å². The highest BCUT2D eigenvalue weighted by Crippen LogP contribution is 2.40. The first kappa shape index (κ1) is 15.6. The first-order valence-corrected chi connectivity index (χ1v) is 8.27. The van der Waals surface area contributed by atoms with Crippen molar-refractivity contribution in [1.29, 1.82) is 0 Å². The van der Waals surface area contributed by atoms with Crippen molar-refractivity contribution < 1.29 is 0 Å². The second kappa shape index (κ2) is 6.75. The molecule has 1 saturated carbocycles. The second-order valence-electron chi connectivity index (χ2n) is 5.82. The van der Waals surface area contributed by atoms with Gasteiger partial charge in [-0.15, -0.1) is 0 Å². The zero-order valence-corrected chi connectivity index (χ0v) is 13.9. The summed E-state index contributed by atoms with van der Waals surface area (Å²) in [4.78, 5) is 11.6. The molecule has 1 heterocycles. The molecule has 0 N–H and O–H groups in total. The lowest BCUT2D eigenvalue weighted by Gasteiger charge is -2.28. The predicted molar refractivity (Wildman–Crippen MR) is 85.7 cm³/mol. The Balaban J connectivity index is 2.27. The fourth-order valence-corrected chi connectivity index (χ4v) is 2.72. The van der Waals surface area contributed by atoms with Crippen LogP contribution in [0.2, 0.25) is 5.15 Å². The van der Waals surface area contributed by atoms with E-state index in [9.17, 15) is 0 Å². The molecule has 0 aliphatic heterocycles. The van der Waals surface area contributed by atoms with Crippen LogP contribution in [0.3, 0.4) is 0 Å². The van der Waals surface area contributed by atoms with Gasteiger partial charge in [-0.3, -0.25) is 0 Å². The van der Waals surface area contributed by atoms with E-state index in [0.717, 1.165) is 30.3 Å². The molecule has 0 amide bonds. The molecule has 1 aliphatic carbocycles. The molecule has 20 heavy (non-hydrogen) atoms. The molecular formula is C16H26ClN3. The summed E-state index contributed by atoms with van der Waals surface area (Å²) in [6.07, 6.45) is 4.83. The Labute approximate surface area is 127 Å². The van der Waals surface area contributed by atoms with Crippen LogP contribution in [-0.2, 0) is 0 Å². The maximum absolute atomic E-state index is 6.32. The molecule has 0 spiro atoms. The van der Waals surface area contributed by atoms with E-state index >= 15 is 0 Å². The molecule has 0 bridgehead atoms. The maximum atomic E-state index is 6.32. The molecule has 0 unspecified atom stereocenters. The van der Waals surface area contributed by atoms with E-state index in [1.807, 2.05) is 6.92 Å². The SMILES string of the molecule is CCC(CC)CN(CC)c1nc(C2CC2)nc(Cl)c1C. The predicted octanol–water partition coefficient (Wildman–Crippen LogP) is 4.58. The second-order valence-corrected chi connectivity index (χ2v) is 6.17. The summed E-state index contributed by atoms with van der Waals surface area (Å²) in [5.74, 6) is 3.24. The van der Waals surface area contributed by atoms with E-state index in [1.165, 1.54) is 25.7 Å². The summed E-state index contributed by atoms with van der Waals surface area (Å²) in [7, 11) is 0. The van der Waals surface area contributed by atoms with Gasteiger partial charge in [0.25, 0.3) is 0 Å². The summed E-state index contributed by atoms with van der Waals surface area (Å²) >= 11 is 6.32. The molecule has 0 aromatic carbocycles. The molecule has 112 valence electrons. The summed E-state index contributed by atoms with van der Waals surface area (Å²) in [6.45, 7) is 10.8. The molecule has 1 fully saturated rings. The Morgan fingerprint density at radius 3 is 2.35 bits per heavy atom. The van der Waals surface area contributed by atoms with Crippen molar-refractivity contribution in [2.75, 3.05) is 18.0 Å². The zero-order valence-electron chi connectivity index (χ0n) is 13.1. The Kier molecular flexibility index (Phi) is 5.25. The van der Waals surface area contributed by atoms with Gasteiger partial charge in [-0.05, 0) is 32.6 Å². The smallest absolute Gasteiger partial charge is 0.137 e. The first-order valence-electron chi connectivity index (χ1n) is 7.89. The van der Waals surface area contributed by atoms with Gasteiger partial charge in [0, 0.05) is 24.6 Å². The summed E-state index contributed by atoms with van der Waals surface area (Å²) in [6, 6.07) is 0. The van der Waals surface area contributed by atoms with Crippen LogP contribution in [0, 0.1) is 12.8 Å². The minimum Gasteiger partial charge on any atom is -0.356 e. The maximum Gasteiger partial charge on any atom is 0.137 e. The third kappa shape index (κ3) is 3.43. The number of rotatable bonds is 7. The third-order valence-electron chi connectivity index (χ3n) is 4.34. The van der Waals surface area contributed by atoms with Crippen molar-refractivity contribution in [3.05, 3.63) is 16.5 Å². The van der Waals surface area contributed by atoms with Gasteiger partial charge >= 0.3 is 0 Å². The van der Waals surface area contributed by atoms with E-state index in [0.29, 0.717) is 17.0 Å². The lowest BCUT2D eigenvalue weighted by Crippen LogP contribution is -2.31. The van der Waals surface area contributed by atoms with Gasteiger partial charge in [-0.1, -0.05) is 38.3 Å². The Bertz CT molecular complexity index is 453. The minimum atomic E-state index is 0.540. The quantitative estimate of drug-likeness (QED) is 0.690. The molecule has 0 atom stereocenters. The molecule has 2 rings (SSSR count). The van der Waals surface area contributed by atoms with Gasteiger partial charge in [-0.2, -0.15) is 0 Å². The standard InChI is InChI=1S/C16H26ClN3/c1-5-12(6-2)10-20(7-3)16-11(4)14(17)18-15(19-16)13-8-9-13/h12-13H,5-10H2,1-4H3. The number of hydrogen-bond acceptors (Lipinski definition) is 3. The lowest BCUT2D eigenvalue weighted by molar-refractivity contribution is 0.483. The highest BCUT2D eigenvalue weighted by molar-refractivity contribution is 6.30. The number of nitrogens with zero attached hydrogens (tertiary/aromatic N) is 3. The van der Waals surface area contributed by atoms with Gasteiger partial charge in [0.1, 0.15) is 16.8 Å². The summed E-state index contributed by atoms with van der Waals surface area (Å²) in [5.41, 5.74) is 1.02. The van der Waals surface area contributed by atoms with Crippen molar-refractivity contribution >= 4 is 17.4 Å². The van der Waals surface area contributed by atoms with Gasteiger partial charge in [0.05, 0.1) is 0 Å². The van der Waals surface area contributed by atoms with Crippen molar-refractivity contribution in [2.45, 2.75) is 59.3 Å². The van der Waals surface area contributed by atoms with E-state index in [-0.39, 0.29) is 0 Å². The van der Waals surface area contributed by atoms with Crippen molar-refractivity contribution in [3.8, 4) is 0 Å². The van der Waals surface area contributed by atoms with E-state index in [4.69, 9.17) is 16.6 Å². The Hall–Kier alpha value is -0.830. The Morgan fingerprint density at radius 2 is 1.85 bits per heavy atom. The number of halogens is 1. The summed E-state index contributed by atoms with van der Waals surface area (Å²) in [5, 5.41) is 0.625. The largest absolute Gasteiger partial charge is 0.356 e. The molecule has 0 radical (unpaired) electrons. The molecule has 3 nitrogen and oxygen atoms in total. The van der Waals surface area contributed by atoms with Crippen LogP contribution < -0.4 is 4.90 Å². The van der Waals surface area contributed by atoms with Gasteiger partial charge < -0.3 is 4.90 Å². The summed E-state index contributed by atoms with van der Waals surface area (Å²) < 4.78 is 0. The average Bonchev–Trinajstić information content (AvgIpc) is 3.28. The monoisotopic (exact) mass is 295 g/mol. The molecule has 1 aliphatic rings. The van der Waals surface area contributed by atoms with Gasteiger partial charge in [-0.25, -0.2) is 9.97 Å². The fourth-order valence-electron chi connectivity index (χ4n) is 2.55. The number of hydrogen-bond donors (Lipinski definition) is 0. The molecule has 1 aromatic heterocycles. The van der Waals surface area contributed by atoms with E-state index in [2.05, 4.69) is 30.7 Å². The minimum absolute atomic E-state index is 0.540.